The molecule has 0 unspecified atom stereocenters. The minimum absolute atomic E-state index is 0.537. The van der Waals surface area contributed by atoms with E-state index >= 15 is 0 Å². The Morgan fingerprint density at radius 2 is 2.22 bits per heavy atom. The molecule has 0 spiro atoms. The van der Waals surface area contributed by atoms with E-state index in [4.69, 9.17) is 16.3 Å². The zero-order valence-corrected chi connectivity index (χ0v) is 10.8. The van der Waals surface area contributed by atoms with Crippen molar-refractivity contribution in [2.45, 2.75) is 13.5 Å². The van der Waals surface area contributed by atoms with Crippen molar-refractivity contribution in [3.05, 3.63) is 47.4 Å². The smallest absolute Gasteiger partial charge is 0.219 e. The van der Waals surface area contributed by atoms with Crippen LogP contribution in [0.3, 0.4) is 0 Å². The van der Waals surface area contributed by atoms with Gasteiger partial charge in [-0.3, -0.25) is 4.98 Å². The molecule has 0 amide bonds. The monoisotopic (exact) mass is 263 g/mol. The topological polar surface area (TPSA) is 47.0 Å². The van der Waals surface area contributed by atoms with Crippen LogP contribution in [0.25, 0.3) is 0 Å². The molecule has 0 saturated heterocycles. The largest absolute Gasteiger partial charge is 0.437 e. The van der Waals surface area contributed by atoms with E-state index in [2.05, 4.69) is 22.2 Å². The SMILES string of the molecule is CCNCc1ccnc(Oc2cncc(Cl)c2)c1. The van der Waals surface area contributed by atoms with E-state index in [-0.39, 0.29) is 0 Å². The molecule has 4 nitrogen and oxygen atoms in total. The lowest BCUT2D eigenvalue weighted by molar-refractivity contribution is 0.459. The third-order valence-electron chi connectivity index (χ3n) is 2.28. The van der Waals surface area contributed by atoms with Crippen molar-refractivity contribution in [1.82, 2.24) is 15.3 Å². The lowest BCUT2D eigenvalue weighted by Crippen LogP contribution is -2.11. The highest BCUT2D eigenvalue weighted by atomic mass is 35.5. The fourth-order valence-electron chi connectivity index (χ4n) is 1.45. The molecule has 94 valence electrons. The van der Waals surface area contributed by atoms with Crippen molar-refractivity contribution in [2.24, 2.45) is 0 Å². The number of hydrogen-bond donors (Lipinski definition) is 1. The number of rotatable bonds is 5. The molecule has 5 heteroatoms. The third kappa shape index (κ3) is 3.68. The predicted octanol–water partition coefficient (Wildman–Crippen LogP) is 3.03. The second-order valence-corrected chi connectivity index (χ2v) is 4.16. The Hall–Kier alpha value is -1.65. The molecule has 0 aliphatic carbocycles. The summed E-state index contributed by atoms with van der Waals surface area (Å²) >= 11 is 5.84. The van der Waals surface area contributed by atoms with Gasteiger partial charge in [-0.2, -0.15) is 0 Å². The second-order valence-electron chi connectivity index (χ2n) is 3.72. The number of nitrogens with one attached hydrogen (secondary N) is 1. The Kier molecular flexibility index (Phi) is 4.50. The fraction of sp³-hybridized carbons (Fsp3) is 0.231. The van der Waals surface area contributed by atoms with E-state index in [0.717, 1.165) is 18.7 Å². The van der Waals surface area contributed by atoms with E-state index in [1.54, 1.807) is 24.7 Å². The van der Waals surface area contributed by atoms with Gasteiger partial charge in [-0.05, 0) is 18.2 Å². The molecule has 0 aliphatic rings. The van der Waals surface area contributed by atoms with Crippen LogP contribution in [-0.2, 0) is 6.54 Å². The molecule has 0 aliphatic heterocycles. The first kappa shape index (κ1) is 12.8. The second kappa shape index (κ2) is 6.33. The third-order valence-corrected chi connectivity index (χ3v) is 2.49. The molecule has 0 radical (unpaired) electrons. The lowest BCUT2D eigenvalue weighted by Gasteiger charge is -2.06. The Morgan fingerprint density at radius 3 is 3.00 bits per heavy atom. The molecule has 2 aromatic rings. The van der Waals surface area contributed by atoms with Crippen molar-refractivity contribution in [3.8, 4) is 11.6 Å². The predicted molar refractivity (Wildman–Crippen MR) is 70.9 cm³/mol. The maximum atomic E-state index is 5.84. The van der Waals surface area contributed by atoms with Gasteiger partial charge in [-0.25, -0.2) is 4.98 Å². The van der Waals surface area contributed by atoms with Crippen LogP contribution in [0.4, 0.5) is 0 Å². The van der Waals surface area contributed by atoms with Crippen LogP contribution in [0.1, 0.15) is 12.5 Å². The lowest BCUT2D eigenvalue weighted by atomic mass is 10.2. The van der Waals surface area contributed by atoms with E-state index in [0.29, 0.717) is 16.7 Å². The van der Waals surface area contributed by atoms with Gasteiger partial charge >= 0.3 is 0 Å². The molecule has 2 rings (SSSR count). The molecule has 0 fully saturated rings. The Labute approximate surface area is 111 Å². The molecule has 0 saturated carbocycles. The number of halogens is 1. The average Bonchev–Trinajstić information content (AvgIpc) is 2.37. The van der Waals surface area contributed by atoms with E-state index in [9.17, 15) is 0 Å². The summed E-state index contributed by atoms with van der Waals surface area (Å²) in [4.78, 5) is 8.11. The first-order chi connectivity index (χ1) is 8.78. The van der Waals surface area contributed by atoms with Crippen molar-refractivity contribution in [2.75, 3.05) is 6.54 Å². The summed E-state index contributed by atoms with van der Waals surface area (Å²) in [6.07, 6.45) is 4.88. The summed E-state index contributed by atoms with van der Waals surface area (Å²) in [5.41, 5.74) is 1.12. The van der Waals surface area contributed by atoms with Gasteiger partial charge in [0.2, 0.25) is 5.88 Å². The van der Waals surface area contributed by atoms with Crippen molar-refractivity contribution in [3.63, 3.8) is 0 Å². The van der Waals surface area contributed by atoms with E-state index in [1.807, 2.05) is 12.1 Å². The molecule has 0 atom stereocenters. The molecule has 2 aromatic heterocycles. The molecular weight excluding hydrogens is 250 g/mol. The van der Waals surface area contributed by atoms with Gasteiger partial charge < -0.3 is 10.1 Å². The Bertz CT molecular complexity index is 519. The average molecular weight is 264 g/mol. The summed E-state index contributed by atoms with van der Waals surface area (Å²) in [7, 11) is 0. The van der Waals surface area contributed by atoms with Crippen LogP contribution in [0, 0.1) is 0 Å². The molecule has 0 bridgehead atoms. The van der Waals surface area contributed by atoms with Gasteiger partial charge in [-0.15, -0.1) is 0 Å². The first-order valence-electron chi connectivity index (χ1n) is 5.72. The maximum absolute atomic E-state index is 5.84. The number of nitrogens with zero attached hydrogens (tertiary/aromatic N) is 2. The van der Waals surface area contributed by atoms with Crippen molar-refractivity contribution >= 4 is 11.6 Å². The summed E-state index contributed by atoms with van der Waals surface area (Å²) in [6, 6.07) is 5.54. The summed E-state index contributed by atoms with van der Waals surface area (Å²) < 4.78 is 5.59. The van der Waals surface area contributed by atoms with Gasteiger partial charge in [-0.1, -0.05) is 18.5 Å². The normalized spacial score (nSPS) is 10.3. The maximum Gasteiger partial charge on any atom is 0.219 e. The number of aromatic nitrogens is 2. The Morgan fingerprint density at radius 1 is 1.33 bits per heavy atom. The van der Waals surface area contributed by atoms with Crippen molar-refractivity contribution in [1.29, 1.82) is 0 Å². The van der Waals surface area contributed by atoms with Gasteiger partial charge in [0.15, 0.2) is 0 Å². The molecule has 2 heterocycles. The first-order valence-corrected chi connectivity index (χ1v) is 6.10. The zero-order valence-electron chi connectivity index (χ0n) is 10.1. The fourth-order valence-corrected chi connectivity index (χ4v) is 1.62. The van der Waals surface area contributed by atoms with Crippen LogP contribution < -0.4 is 10.1 Å². The quantitative estimate of drug-likeness (QED) is 0.901. The van der Waals surface area contributed by atoms with Gasteiger partial charge in [0.1, 0.15) is 5.75 Å². The summed E-state index contributed by atoms with van der Waals surface area (Å²) in [6.45, 7) is 3.79. The van der Waals surface area contributed by atoms with Gasteiger partial charge in [0.25, 0.3) is 0 Å². The van der Waals surface area contributed by atoms with E-state index < -0.39 is 0 Å². The molecule has 1 N–H and O–H groups in total. The minimum Gasteiger partial charge on any atom is -0.437 e. The summed E-state index contributed by atoms with van der Waals surface area (Å²) in [5, 5.41) is 3.79. The number of hydrogen-bond acceptors (Lipinski definition) is 4. The highest BCUT2D eigenvalue weighted by Gasteiger charge is 2.01. The Balaban J connectivity index is 2.09. The number of pyridine rings is 2. The molecular formula is C13H14ClN3O. The van der Waals surface area contributed by atoms with Crippen molar-refractivity contribution < 1.29 is 4.74 Å². The van der Waals surface area contributed by atoms with Gasteiger partial charge in [0, 0.05) is 31.1 Å². The van der Waals surface area contributed by atoms with Gasteiger partial charge in [0.05, 0.1) is 11.2 Å². The van der Waals surface area contributed by atoms with Crippen LogP contribution in [0.5, 0.6) is 11.6 Å². The van der Waals surface area contributed by atoms with Crippen LogP contribution in [-0.4, -0.2) is 16.5 Å². The molecule has 18 heavy (non-hydrogen) atoms. The van der Waals surface area contributed by atoms with Crippen LogP contribution in [0.15, 0.2) is 36.8 Å². The standard InChI is InChI=1S/C13H14ClN3O/c1-2-15-7-10-3-4-17-13(5-10)18-12-6-11(14)8-16-9-12/h3-6,8-9,15H,2,7H2,1H3. The minimum atomic E-state index is 0.537. The van der Waals surface area contributed by atoms with E-state index in [1.165, 1.54) is 0 Å². The molecule has 0 aromatic carbocycles. The summed E-state index contributed by atoms with van der Waals surface area (Å²) in [5.74, 6) is 1.12. The zero-order chi connectivity index (χ0) is 12.8. The van der Waals surface area contributed by atoms with Crippen LogP contribution in [0.2, 0.25) is 5.02 Å². The highest BCUT2D eigenvalue weighted by Crippen LogP contribution is 2.21. The highest BCUT2D eigenvalue weighted by molar-refractivity contribution is 6.30. The van der Waals surface area contributed by atoms with Crippen LogP contribution >= 0.6 is 11.6 Å². The number of ether oxygens (including phenoxy) is 1.